The second-order valence-corrected chi connectivity index (χ2v) is 9.30. The van der Waals surface area contributed by atoms with Gasteiger partial charge < -0.3 is 4.90 Å². The molecule has 0 unspecified atom stereocenters. The second-order valence-electron chi connectivity index (χ2n) is 5.42. The fourth-order valence-corrected chi connectivity index (χ4v) is 5.58. The maximum atomic E-state index is 12.6. The second kappa shape index (κ2) is 6.79. The van der Waals surface area contributed by atoms with Gasteiger partial charge in [0.05, 0.1) is 4.34 Å². The Kier molecular flexibility index (Phi) is 4.91. The van der Waals surface area contributed by atoms with Crippen LogP contribution in [0.1, 0.15) is 16.2 Å². The van der Waals surface area contributed by atoms with Crippen LogP contribution < -0.4 is 0 Å². The quantitative estimate of drug-likeness (QED) is 0.812. The van der Waals surface area contributed by atoms with Gasteiger partial charge in [0.25, 0.3) is 15.9 Å². The third-order valence-corrected chi connectivity index (χ3v) is 7.37. The molecule has 0 aromatic carbocycles. The number of piperazine rings is 1. The number of aryl methyl sites for hydroxylation is 1. The number of aromatic nitrogens is 1. The zero-order valence-electron chi connectivity index (χ0n) is 13.0. The van der Waals surface area contributed by atoms with Gasteiger partial charge in [0.2, 0.25) is 0 Å². The minimum Gasteiger partial charge on any atom is -0.335 e. The Bertz CT molecular complexity index is 858. The lowest BCUT2D eigenvalue weighted by Gasteiger charge is -2.33. The van der Waals surface area contributed by atoms with Gasteiger partial charge in [-0.15, -0.1) is 11.3 Å². The molecule has 3 rings (SSSR count). The lowest BCUT2D eigenvalue weighted by Crippen LogP contribution is -2.50. The molecule has 0 saturated carbocycles. The number of pyridine rings is 1. The van der Waals surface area contributed by atoms with E-state index in [4.69, 9.17) is 11.6 Å². The molecule has 2 aromatic heterocycles. The summed E-state index contributed by atoms with van der Waals surface area (Å²) in [6.07, 6.45) is 0. The van der Waals surface area contributed by atoms with Crippen LogP contribution in [0.25, 0.3) is 0 Å². The van der Waals surface area contributed by atoms with E-state index in [0.717, 1.165) is 17.0 Å². The number of carbonyl (C=O) groups excluding carboxylic acids is 1. The zero-order valence-corrected chi connectivity index (χ0v) is 15.4. The zero-order chi connectivity index (χ0) is 17.3. The highest BCUT2D eigenvalue weighted by Crippen LogP contribution is 2.28. The van der Waals surface area contributed by atoms with Gasteiger partial charge in [-0.1, -0.05) is 17.7 Å². The number of carbonyl (C=O) groups is 1. The first-order chi connectivity index (χ1) is 11.4. The summed E-state index contributed by atoms with van der Waals surface area (Å²) in [4.78, 5) is 18.3. The van der Waals surface area contributed by atoms with E-state index in [2.05, 4.69) is 4.98 Å². The van der Waals surface area contributed by atoms with E-state index in [1.54, 1.807) is 23.1 Å². The van der Waals surface area contributed by atoms with Crippen molar-refractivity contribution in [1.82, 2.24) is 14.2 Å². The summed E-state index contributed by atoms with van der Waals surface area (Å²) in [6.45, 7) is 3.03. The summed E-state index contributed by atoms with van der Waals surface area (Å²) < 4.78 is 27.2. The maximum absolute atomic E-state index is 12.6. The van der Waals surface area contributed by atoms with Crippen molar-refractivity contribution in [2.75, 3.05) is 26.2 Å². The molecule has 0 spiro atoms. The Hall–Kier alpha value is -1.48. The Morgan fingerprint density at radius 2 is 1.88 bits per heavy atom. The summed E-state index contributed by atoms with van der Waals surface area (Å²) in [5, 5.41) is 0. The molecule has 2 aromatic rings. The van der Waals surface area contributed by atoms with Gasteiger partial charge in [-0.2, -0.15) is 4.31 Å². The van der Waals surface area contributed by atoms with E-state index in [-0.39, 0.29) is 23.2 Å². The van der Waals surface area contributed by atoms with Crippen LogP contribution in [-0.4, -0.2) is 54.7 Å². The Labute approximate surface area is 149 Å². The van der Waals surface area contributed by atoms with Crippen LogP contribution in [0.15, 0.2) is 34.5 Å². The molecule has 1 amide bonds. The molecule has 1 fully saturated rings. The van der Waals surface area contributed by atoms with Gasteiger partial charge in [-0.25, -0.2) is 13.4 Å². The highest BCUT2D eigenvalue weighted by atomic mass is 35.5. The predicted octanol–water partition coefficient (Wildman–Crippen LogP) is 2.25. The number of nitrogens with zero attached hydrogens (tertiary/aromatic N) is 3. The molecule has 1 saturated heterocycles. The van der Waals surface area contributed by atoms with Crippen molar-refractivity contribution in [2.24, 2.45) is 0 Å². The fourth-order valence-electron chi connectivity index (χ4n) is 2.52. The van der Waals surface area contributed by atoms with E-state index in [9.17, 15) is 13.2 Å². The SMILES string of the molecule is Cc1cccc(C(=O)N2CCN(S(=O)(=O)c3ccc(Cl)s3)CC2)n1. The summed E-state index contributed by atoms with van der Waals surface area (Å²) in [5.74, 6) is -0.171. The molecule has 0 radical (unpaired) electrons. The molecule has 128 valence electrons. The van der Waals surface area contributed by atoms with Crippen LogP contribution in [0.5, 0.6) is 0 Å². The van der Waals surface area contributed by atoms with E-state index < -0.39 is 10.0 Å². The van der Waals surface area contributed by atoms with E-state index in [0.29, 0.717) is 23.1 Å². The van der Waals surface area contributed by atoms with Crippen molar-refractivity contribution in [3.8, 4) is 0 Å². The number of hydrogen-bond donors (Lipinski definition) is 0. The van der Waals surface area contributed by atoms with Crippen LogP contribution in [0.4, 0.5) is 0 Å². The molecule has 1 aliphatic rings. The minimum absolute atomic E-state index is 0.171. The molecule has 0 N–H and O–H groups in total. The predicted molar refractivity (Wildman–Crippen MR) is 93.0 cm³/mol. The Balaban J connectivity index is 1.68. The van der Waals surface area contributed by atoms with Crippen LogP contribution in [0.2, 0.25) is 4.34 Å². The topological polar surface area (TPSA) is 70.6 Å². The van der Waals surface area contributed by atoms with E-state index in [1.807, 2.05) is 13.0 Å². The average molecular weight is 386 g/mol. The van der Waals surface area contributed by atoms with Crippen molar-refractivity contribution >= 4 is 38.9 Å². The van der Waals surface area contributed by atoms with Crippen LogP contribution in [0, 0.1) is 6.92 Å². The molecule has 0 atom stereocenters. The summed E-state index contributed by atoms with van der Waals surface area (Å²) in [6, 6.07) is 8.37. The highest BCUT2D eigenvalue weighted by molar-refractivity contribution is 7.91. The molecule has 3 heterocycles. The number of hydrogen-bond acceptors (Lipinski definition) is 5. The number of thiophene rings is 1. The van der Waals surface area contributed by atoms with Crippen LogP contribution >= 0.6 is 22.9 Å². The van der Waals surface area contributed by atoms with Crippen molar-refractivity contribution in [1.29, 1.82) is 0 Å². The van der Waals surface area contributed by atoms with Gasteiger partial charge in [0.15, 0.2) is 0 Å². The van der Waals surface area contributed by atoms with Gasteiger partial charge >= 0.3 is 0 Å². The fraction of sp³-hybridized carbons (Fsp3) is 0.333. The smallest absolute Gasteiger partial charge is 0.272 e. The van der Waals surface area contributed by atoms with Gasteiger partial charge in [-0.05, 0) is 31.2 Å². The van der Waals surface area contributed by atoms with Crippen LogP contribution in [0.3, 0.4) is 0 Å². The van der Waals surface area contributed by atoms with Crippen LogP contribution in [-0.2, 0) is 10.0 Å². The van der Waals surface area contributed by atoms with Crippen molar-refractivity contribution < 1.29 is 13.2 Å². The summed E-state index contributed by atoms with van der Waals surface area (Å²) in [7, 11) is -3.55. The first kappa shape index (κ1) is 17.3. The molecular weight excluding hydrogens is 370 g/mol. The summed E-state index contributed by atoms with van der Waals surface area (Å²) in [5.41, 5.74) is 1.16. The first-order valence-electron chi connectivity index (χ1n) is 7.36. The third-order valence-electron chi connectivity index (χ3n) is 3.78. The first-order valence-corrected chi connectivity index (χ1v) is 10.00. The van der Waals surface area contributed by atoms with Gasteiger partial charge in [-0.3, -0.25) is 4.79 Å². The number of amides is 1. The van der Waals surface area contributed by atoms with Crippen molar-refractivity contribution in [3.63, 3.8) is 0 Å². The summed E-state index contributed by atoms with van der Waals surface area (Å²) >= 11 is 6.87. The number of sulfonamides is 1. The minimum atomic E-state index is -3.55. The largest absolute Gasteiger partial charge is 0.335 e. The van der Waals surface area contributed by atoms with Crippen molar-refractivity contribution in [3.05, 3.63) is 46.1 Å². The standard InChI is InChI=1S/C15H16ClN3O3S2/c1-11-3-2-4-12(17-11)15(20)18-7-9-19(10-8-18)24(21,22)14-6-5-13(16)23-14/h2-6H,7-10H2,1H3. The molecule has 9 heteroatoms. The van der Waals surface area contributed by atoms with E-state index >= 15 is 0 Å². The monoisotopic (exact) mass is 385 g/mol. The number of rotatable bonds is 3. The molecule has 1 aliphatic heterocycles. The lowest BCUT2D eigenvalue weighted by atomic mass is 10.2. The van der Waals surface area contributed by atoms with Crippen molar-refractivity contribution in [2.45, 2.75) is 11.1 Å². The molecular formula is C15H16ClN3O3S2. The van der Waals surface area contributed by atoms with Gasteiger partial charge in [0.1, 0.15) is 9.90 Å². The third kappa shape index (κ3) is 3.46. The molecule has 0 aliphatic carbocycles. The van der Waals surface area contributed by atoms with Gasteiger partial charge in [0, 0.05) is 31.9 Å². The lowest BCUT2D eigenvalue weighted by molar-refractivity contribution is 0.0692. The highest BCUT2D eigenvalue weighted by Gasteiger charge is 2.31. The average Bonchev–Trinajstić information content (AvgIpc) is 3.01. The Morgan fingerprint density at radius 1 is 1.17 bits per heavy atom. The number of halogens is 1. The maximum Gasteiger partial charge on any atom is 0.272 e. The molecule has 0 bridgehead atoms. The molecule has 24 heavy (non-hydrogen) atoms. The normalized spacial score (nSPS) is 16.3. The Morgan fingerprint density at radius 3 is 2.46 bits per heavy atom. The van der Waals surface area contributed by atoms with E-state index in [1.165, 1.54) is 10.4 Å². The molecule has 6 nitrogen and oxygen atoms in total.